The Balaban J connectivity index is 0.00000306. The fourth-order valence-electron chi connectivity index (χ4n) is 4.29. The number of rotatable bonds is 7. The normalized spacial score (nSPS) is 15.4. The number of nitrogens with one attached hydrogen (secondary N) is 2. The summed E-state index contributed by atoms with van der Waals surface area (Å²) in [6, 6.07) is 23.1. The van der Waals surface area contributed by atoms with E-state index in [2.05, 4.69) is 15.0 Å². The summed E-state index contributed by atoms with van der Waals surface area (Å²) < 4.78 is 25.0. The maximum absolute atomic E-state index is 13.4. The molecule has 0 bridgehead atoms. The maximum atomic E-state index is 13.4. The van der Waals surface area contributed by atoms with E-state index in [-0.39, 0.29) is 13.9 Å². The van der Waals surface area contributed by atoms with Gasteiger partial charge < -0.3 is 5.32 Å². The van der Waals surface area contributed by atoms with Crippen molar-refractivity contribution in [3.05, 3.63) is 83.9 Å². The number of amides is 1. The number of aromatic nitrogens is 1. The third-order valence-corrected chi connectivity index (χ3v) is 6.67. The van der Waals surface area contributed by atoms with Crippen LogP contribution in [-0.4, -0.2) is 25.6 Å². The smallest absolute Gasteiger partial charge is 0.236 e. The molecule has 1 aliphatic rings. The molecule has 7 heteroatoms. The summed E-state index contributed by atoms with van der Waals surface area (Å²) in [7, 11) is -3.24. The topological polar surface area (TPSA) is 88.2 Å². The Labute approximate surface area is 190 Å². The minimum Gasteiger partial charge on any atom is -0.310 e. The molecule has 4 rings (SSSR count). The molecule has 168 valence electrons. The van der Waals surface area contributed by atoms with Crippen LogP contribution in [0.5, 0.6) is 0 Å². The van der Waals surface area contributed by atoms with E-state index in [1.807, 2.05) is 66.7 Å². The Morgan fingerprint density at radius 3 is 2.31 bits per heavy atom. The molecule has 1 saturated carbocycles. The number of pyridine rings is 1. The molecule has 0 atom stereocenters. The molecule has 1 aliphatic carbocycles. The van der Waals surface area contributed by atoms with Crippen LogP contribution >= 0.6 is 0 Å². The van der Waals surface area contributed by atoms with Crippen LogP contribution in [0.2, 0.25) is 0 Å². The first-order valence-corrected chi connectivity index (χ1v) is 12.6. The molecule has 2 aromatic carbocycles. The fraction of sp³-hybridized carbons (Fsp3) is 0.280. The molecule has 1 fully saturated rings. The molecule has 1 amide bonds. The van der Waals surface area contributed by atoms with E-state index in [0.29, 0.717) is 5.82 Å². The second-order valence-electron chi connectivity index (χ2n) is 8.31. The zero-order chi connectivity index (χ0) is 22.6. The molecule has 6 nitrogen and oxygen atoms in total. The minimum absolute atomic E-state index is 0. The molecule has 2 N–H and O–H groups in total. The van der Waals surface area contributed by atoms with Gasteiger partial charge in [0.25, 0.3) is 0 Å². The van der Waals surface area contributed by atoms with Gasteiger partial charge in [-0.3, -0.25) is 4.79 Å². The van der Waals surface area contributed by atoms with Crippen molar-refractivity contribution in [1.29, 1.82) is 0 Å². The van der Waals surface area contributed by atoms with Gasteiger partial charge in [0.2, 0.25) is 15.9 Å². The van der Waals surface area contributed by atoms with Gasteiger partial charge in [-0.05, 0) is 36.1 Å². The number of sulfonamides is 1. The molecule has 0 aliphatic heterocycles. The van der Waals surface area contributed by atoms with Crippen LogP contribution < -0.4 is 10.0 Å². The Bertz CT molecular complexity index is 1190. The molecule has 0 unspecified atom stereocenters. The van der Waals surface area contributed by atoms with Crippen molar-refractivity contribution in [3.63, 3.8) is 0 Å². The lowest BCUT2D eigenvalue weighted by Crippen LogP contribution is -2.38. The summed E-state index contributed by atoms with van der Waals surface area (Å²) in [5.74, 6) is 0.519. The number of carbonyl (C=O) groups is 1. The van der Waals surface area contributed by atoms with Crippen LogP contribution in [0.3, 0.4) is 0 Å². The van der Waals surface area contributed by atoms with Crippen LogP contribution in [0.1, 0.15) is 38.2 Å². The van der Waals surface area contributed by atoms with Crippen molar-refractivity contribution < 1.29 is 14.6 Å². The van der Waals surface area contributed by atoms with E-state index in [9.17, 15) is 13.2 Å². The number of hydrogen-bond donors (Lipinski definition) is 2. The molecule has 1 heterocycles. The van der Waals surface area contributed by atoms with Gasteiger partial charge in [0.15, 0.2) is 0 Å². The van der Waals surface area contributed by atoms with Crippen molar-refractivity contribution in [2.75, 3.05) is 11.6 Å². The van der Waals surface area contributed by atoms with Gasteiger partial charge in [0.1, 0.15) is 5.82 Å². The van der Waals surface area contributed by atoms with E-state index < -0.39 is 15.4 Å². The summed E-state index contributed by atoms with van der Waals surface area (Å²) in [6.45, 7) is 0.240. The molecular formula is C25H29N3O3S. The number of hydrogen-bond acceptors (Lipinski definition) is 4. The van der Waals surface area contributed by atoms with E-state index in [0.717, 1.165) is 54.3 Å². The maximum Gasteiger partial charge on any atom is 0.236 e. The van der Waals surface area contributed by atoms with E-state index >= 15 is 0 Å². The van der Waals surface area contributed by atoms with Crippen LogP contribution in [0.15, 0.2) is 72.8 Å². The van der Waals surface area contributed by atoms with Gasteiger partial charge >= 0.3 is 0 Å². The molecule has 0 saturated heterocycles. The van der Waals surface area contributed by atoms with Crippen molar-refractivity contribution in [3.8, 4) is 11.3 Å². The van der Waals surface area contributed by atoms with Crippen LogP contribution in [0.4, 0.5) is 5.82 Å². The highest BCUT2D eigenvalue weighted by Crippen LogP contribution is 2.42. The monoisotopic (exact) mass is 451 g/mol. The first-order valence-electron chi connectivity index (χ1n) is 10.7. The van der Waals surface area contributed by atoms with Gasteiger partial charge in [-0.2, -0.15) is 0 Å². The number of nitrogens with zero attached hydrogens (tertiary/aromatic N) is 1. The van der Waals surface area contributed by atoms with Crippen molar-refractivity contribution in [2.45, 2.75) is 37.6 Å². The minimum atomic E-state index is -3.24. The predicted octanol–water partition coefficient (Wildman–Crippen LogP) is 4.49. The second kappa shape index (κ2) is 9.22. The lowest BCUT2D eigenvalue weighted by molar-refractivity contribution is -0.121. The summed E-state index contributed by atoms with van der Waals surface area (Å²) in [5, 5.41) is 3.05. The molecule has 1 aromatic heterocycles. The van der Waals surface area contributed by atoms with Crippen LogP contribution in [0, 0.1) is 0 Å². The van der Waals surface area contributed by atoms with Gasteiger partial charge in [0, 0.05) is 13.5 Å². The third kappa shape index (κ3) is 5.06. The lowest BCUT2D eigenvalue weighted by Gasteiger charge is -2.28. The van der Waals surface area contributed by atoms with Crippen molar-refractivity contribution in [2.24, 2.45) is 0 Å². The zero-order valence-electron chi connectivity index (χ0n) is 18.0. The highest BCUT2D eigenvalue weighted by molar-refractivity contribution is 7.88. The number of benzene rings is 2. The Hall–Kier alpha value is -3.03. The van der Waals surface area contributed by atoms with E-state index in [1.165, 1.54) is 0 Å². The SMILES string of the molecule is CS(=O)(=O)NCc1ccc(-c2cccc(NC(=O)C3(c4ccccc4)CCCC3)n2)cc1.[HH]. The quantitative estimate of drug-likeness (QED) is 0.554. The Morgan fingerprint density at radius 2 is 1.66 bits per heavy atom. The number of anilines is 1. The second-order valence-corrected chi connectivity index (χ2v) is 10.1. The average Bonchev–Trinajstić information content (AvgIpc) is 3.30. The molecule has 3 aromatic rings. The number of carbonyl (C=O) groups excluding carboxylic acids is 1. The standard InChI is InChI=1S/C25H27N3O3S.H2/c1-32(30,31)26-18-19-12-14-20(15-13-19)22-10-7-11-23(27-22)28-24(29)25(16-5-6-17-25)21-8-3-2-4-9-21;/h2-4,7-15,26H,5-6,16-18H2,1H3,(H,27,28,29);1H. The Kier molecular flexibility index (Phi) is 6.39. The van der Waals surface area contributed by atoms with Crippen LogP contribution in [-0.2, 0) is 26.8 Å². The van der Waals surface area contributed by atoms with Crippen LogP contribution in [0.25, 0.3) is 11.3 Å². The Morgan fingerprint density at radius 1 is 0.969 bits per heavy atom. The average molecular weight is 452 g/mol. The van der Waals surface area contributed by atoms with Gasteiger partial charge in [-0.25, -0.2) is 18.1 Å². The summed E-state index contributed by atoms with van der Waals surface area (Å²) in [4.78, 5) is 18.0. The lowest BCUT2D eigenvalue weighted by atomic mass is 9.78. The molecular weight excluding hydrogens is 422 g/mol. The van der Waals surface area contributed by atoms with Gasteiger partial charge in [-0.1, -0.05) is 73.5 Å². The highest BCUT2D eigenvalue weighted by atomic mass is 32.2. The van der Waals surface area contributed by atoms with E-state index in [4.69, 9.17) is 0 Å². The van der Waals surface area contributed by atoms with Gasteiger partial charge in [-0.15, -0.1) is 0 Å². The molecule has 0 spiro atoms. The highest BCUT2D eigenvalue weighted by Gasteiger charge is 2.42. The van der Waals surface area contributed by atoms with Gasteiger partial charge in [0.05, 0.1) is 17.4 Å². The zero-order valence-corrected chi connectivity index (χ0v) is 18.9. The van der Waals surface area contributed by atoms with Crippen molar-refractivity contribution >= 4 is 21.7 Å². The third-order valence-electron chi connectivity index (χ3n) is 6.00. The molecule has 0 radical (unpaired) electrons. The first kappa shape index (κ1) is 22.2. The fourth-order valence-corrected chi connectivity index (χ4v) is 4.72. The molecule has 32 heavy (non-hydrogen) atoms. The largest absolute Gasteiger partial charge is 0.310 e. The van der Waals surface area contributed by atoms with E-state index in [1.54, 1.807) is 6.07 Å². The summed E-state index contributed by atoms with van der Waals surface area (Å²) in [5.41, 5.74) is 3.04. The summed E-state index contributed by atoms with van der Waals surface area (Å²) >= 11 is 0. The first-order chi connectivity index (χ1) is 15.4. The predicted molar refractivity (Wildman–Crippen MR) is 129 cm³/mol. The summed E-state index contributed by atoms with van der Waals surface area (Å²) in [6.07, 6.45) is 4.89. The van der Waals surface area contributed by atoms with Crippen molar-refractivity contribution in [1.82, 2.24) is 9.71 Å².